The molecule has 2 aromatic rings. The van der Waals surface area contributed by atoms with Gasteiger partial charge in [0, 0.05) is 36.4 Å². The van der Waals surface area contributed by atoms with E-state index in [0.717, 1.165) is 55.4 Å². The molecule has 0 unspecified atom stereocenters. The number of hydrogen-bond acceptors (Lipinski definition) is 3. The van der Waals surface area contributed by atoms with Crippen LogP contribution in [-0.2, 0) is 24.0 Å². The smallest absolute Gasteiger partial charge is 0.125 e. The van der Waals surface area contributed by atoms with Crippen LogP contribution in [0.2, 0.25) is 0 Å². The lowest BCUT2D eigenvalue weighted by Crippen LogP contribution is -2.14. The lowest BCUT2D eigenvalue weighted by molar-refractivity contribution is 0.108. The minimum atomic E-state index is 0.732. The van der Waals surface area contributed by atoms with Crippen LogP contribution in [-0.4, -0.2) is 25.3 Å². The molecule has 3 rings (SSSR count). The van der Waals surface area contributed by atoms with Crippen LogP contribution >= 0.6 is 0 Å². The van der Waals surface area contributed by atoms with Crippen molar-refractivity contribution in [2.24, 2.45) is 5.92 Å². The Morgan fingerprint density at radius 3 is 2.37 bits per heavy atom. The van der Waals surface area contributed by atoms with Crippen LogP contribution in [0.1, 0.15) is 56.2 Å². The Labute approximate surface area is 164 Å². The number of rotatable bonds is 10. The molecule has 0 atom stereocenters. The Balaban J connectivity index is 1.69. The van der Waals surface area contributed by atoms with Crippen LogP contribution in [0.15, 0.2) is 30.5 Å². The molecule has 1 aromatic carbocycles. The van der Waals surface area contributed by atoms with Crippen molar-refractivity contribution in [1.82, 2.24) is 4.98 Å². The third-order valence-electron chi connectivity index (χ3n) is 5.83. The van der Waals surface area contributed by atoms with E-state index in [1.54, 1.807) is 7.11 Å². The molecule has 0 bridgehead atoms. The zero-order valence-corrected chi connectivity index (χ0v) is 17.1. The van der Waals surface area contributed by atoms with Gasteiger partial charge in [0.1, 0.15) is 5.75 Å². The Kier molecular flexibility index (Phi) is 7.28. The van der Waals surface area contributed by atoms with Crippen molar-refractivity contribution in [2.75, 3.05) is 20.3 Å². The van der Waals surface area contributed by atoms with E-state index in [2.05, 4.69) is 38.1 Å². The molecule has 146 valence electrons. The Morgan fingerprint density at radius 2 is 1.78 bits per heavy atom. The molecule has 1 aromatic heterocycles. The van der Waals surface area contributed by atoms with Crippen LogP contribution < -0.4 is 4.74 Å². The van der Waals surface area contributed by atoms with E-state index < -0.39 is 0 Å². The highest BCUT2D eigenvalue weighted by molar-refractivity contribution is 5.69. The molecule has 1 aliphatic carbocycles. The fourth-order valence-electron chi connectivity index (χ4n) is 3.87. The zero-order chi connectivity index (χ0) is 19.1. The number of methoxy groups -OCH3 is 1. The zero-order valence-electron chi connectivity index (χ0n) is 17.1. The van der Waals surface area contributed by atoms with Crippen molar-refractivity contribution < 1.29 is 9.47 Å². The summed E-state index contributed by atoms with van der Waals surface area (Å²) in [6.45, 7) is 6.01. The summed E-state index contributed by atoms with van der Waals surface area (Å²) < 4.78 is 11.5. The molecule has 0 radical (unpaired) electrons. The average molecular weight is 368 g/mol. The molecule has 1 saturated carbocycles. The standard InChI is InChI=1S/C24H33NO2/c1-4-19-10-7-11-20(5-2)24(19)22-16-23(26-3)21(17-25-22)13-15-27-14-12-18-8-6-9-18/h7,10-11,16-18H,4-6,8-9,12-15H2,1-3H3. The number of hydrogen-bond donors (Lipinski definition) is 0. The largest absolute Gasteiger partial charge is 0.496 e. The summed E-state index contributed by atoms with van der Waals surface area (Å²) >= 11 is 0. The maximum Gasteiger partial charge on any atom is 0.125 e. The first kappa shape index (κ1) is 19.9. The molecule has 0 N–H and O–H groups in total. The predicted octanol–water partition coefficient (Wildman–Crippen LogP) is 5.63. The van der Waals surface area contributed by atoms with Crippen molar-refractivity contribution in [3.63, 3.8) is 0 Å². The number of pyridine rings is 1. The first-order valence-corrected chi connectivity index (χ1v) is 10.5. The van der Waals surface area contributed by atoms with Crippen molar-refractivity contribution >= 4 is 0 Å². The van der Waals surface area contributed by atoms with Gasteiger partial charge >= 0.3 is 0 Å². The first-order valence-electron chi connectivity index (χ1n) is 10.5. The Bertz CT molecular complexity index is 715. The molecule has 1 fully saturated rings. The molecule has 3 heteroatoms. The van der Waals surface area contributed by atoms with Crippen LogP contribution in [0, 0.1) is 5.92 Å². The SMILES string of the molecule is CCc1cccc(CC)c1-c1cc(OC)c(CCOCCC2CCC2)cn1. The number of nitrogens with zero attached hydrogens (tertiary/aromatic N) is 1. The second kappa shape index (κ2) is 9.89. The van der Waals surface area contributed by atoms with Crippen LogP contribution in [0.4, 0.5) is 0 Å². The molecule has 27 heavy (non-hydrogen) atoms. The topological polar surface area (TPSA) is 31.4 Å². The number of aromatic nitrogens is 1. The van der Waals surface area contributed by atoms with Crippen LogP contribution in [0.25, 0.3) is 11.3 Å². The van der Waals surface area contributed by atoms with Gasteiger partial charge < -0.3 is 9.47 Å². The van der Waals surface area contributed by atoms with E-state index >= 15 is 0 Å². The summed E-state index contributed by atoms with van der Waals surface area (Å²) in [5.41, 5.74) is 6.09. The van der Waals surface area contributed by atoms with Gasteiger partial charge in [-0.3, -0.25) is 4.98 Å². The van der Waals surface area contributed by atoms with Crippen LogP contribution in [0.5, 0.6) is 5.75 Å². The maximum atomic E-state index is 5.85. The molecule has 0 saturated heterocycles. The van der Waals surface area contributed by atoms with E-state index in [9.17, 15) is 0 Å². The molecule has 1 aliphatic rings. The van der Waals surface area contributed by atoms with Gasteiger partial charge in [0.25, 0.3) is 0 Å². The highest BCUT2D eigenvalue weighted by Crippen LogP contribution is 2.31. The number of ether oxygens (including phenoxy) is 2. The lowest BCUT2D eigenvalue weighted by atomic mass is 9.83. The number of aryl methyl sites for hydroxylation is 2. The summed E-state index contributed by atoms with van der Waals surface area (Å²) in [6.07, 6.45) is 10.2. The quantitative estimate of drug-likeness (QED) is 0.510. The first-order chi connectivity index (χ1) is 13.3. The Morgan fingerprint density at radius 1 is 1.04 bits per heavy atom. The van der Waals surface area contributed by atoms with E-state index in [1.165, 1.54) is 42.4 Å². The lowest BCUT2D eigenvalue weighted by Gasteiger charge is -2.24. The summed E-state index contributed by atoms with van der Waals surface area (Å²) in [5, 5.41) is 0. The van der Waals surface area contributed by atoms with Gasteiger partial charge in [-0.2, -0.15) is 0 Å². The normalized spacial score (nSPS) is 14.2. The summed E-state index contributed by atoms with van der Waals surface area (Å²) in [4.78, 5) is 4.79. The van der Waals surface area contributed by atoms with Crippen molar-refractivity contribution in [3.8, 4) is 17.0 Å². The van der Waals surface area contributed by atoms with Gasteiger partial charge in [-0.25, -0.2) is 0 Å². The van der Waals surface area contributed by atoms with E-state index in [0.29, 0.717) is 0 Å². The van der Waals surface area contributed by atoms with Crippen molar-refractivity contribution in [1.29, 1.82) is 0 Å². The second-order valence-corrected chi connectivity index (χ2v) is 7.49. The summed E-state index contributed by atoms with van der Waals surface area (Å²) in [7, 11) is 1.74. The van der Waals surface area contributed by atoms with Gasteiger partial charge in [-0.15, -0.1) is 0 Å². The third kappa shape index (κ3) is 4.90. The Hall–Kier alpha value is -1.87. The number of benzene rings is 1. The van der Waals surface area contributed by atoms with Gasteiger partial charge in [0.15, 0.2) is 0 Å². The minimum Gasteiger partial charge on any atom is -0.496 e. The predicted molar refractivity (Wildman–Crippen MR) is 111 cm³/mol. The van der Waals surface area contributed by atoms with Gasteiger partial charge in [0.05, 0.1) is 19.4 Å². The molecule has 3 nitrogen and oxygen atoms in total. The fraction of sp³-hybridized carbons (Fsp3) is 0.542. The van der Waals surface area contributed by atoms with Crippen molar-refractivity contribution in [3.05, 3.63) is 47.2 Å². The summed E-state index contributed by atoms with van der Waals surface area (Å²) in [6, 6.07) is 8.64. The highest BCUT2D eigenvalue weighted by Gasteiger charge is 2.17. The molecular weight excluding hydrogens is 334 g/mol. The molecule has 0 spiro atoms. The highest BCUT2D eigenvalue weighted by atomic mass is 16.5. The molecule has 0 amide bonds. The second-order valence-electron chi connectivity index (χ2n) is 7.49. The molecular formula is C24H33NO2. The minimum absolute atomic E-state index is 0.732. The van der Waals surface area contributed by atoms with Crippen LogP contribution in [0.3, 0.4) is 0 Å². The molecule has 0 aliphatic heterocycles. The third-order valence-corrected chi connectivity index (χ3v) is 5.83. The molecule has 1 heterocycles. The maximum absolute atomic E-state index is 5.85. The summed E-state index contributed by atoms with van der Waals surface area (Å²) in [5.74, 6) is 1.82. The van der Waals surface area contributed by atoms with E-state index in [4.69, 9.17) is 14.5 Å². The van der Waals surface area contributed by atoms with Gasteiger partial charge in [-0.1, -0.05) is 51.3 Å². The van der Waals surface area contributed by atoms with Crippen molar-refractivity contribution in [2.45, 2.75) is 58.8 Å². The van der Waals surface area contributed by atoms with Gasteiger partial charge in [0.2, 0.25) is 0 Å². The van der Waals surface area contributed by atoms with E-state index in [-0.39, 0.29) is 0 Å². The van der Waals surface area contributed by atoms with Gasteiger partial charge in [-0.05, 0) is 36.3 Å². The van der Waals surface area contributed by atoms with E-state index in [1.807, 2.05) is 6.20 Å². The average Bonchev–Trinajstić information content (AvgIpc) is 2.68. The fourth-order valence-corrected chi connectivity index (χ4v) is 3.87. The monoisotopic (exact) mass is 367 g/mol.